The first kappa shape index (κ1) is 20.0. The molecule has 5 nitrogen and oxygen atoms in total. The molecule has 0 atom stereocenters. The molecule has 0 saturated carbocycles. The molecule has 0 N–H and O–H groups in total. The van der Waals surface area contributed by atoms with Crippen LogP contribution in [0.25, 0.3) is 17.0 Å². The van der Waals surface area contributed by atoms with Crippen LogP contribution in [-0.4, -0.2) is 20.5 Å². The van der Waals surface area contributed by atoms with Gasteiger partial charge >= 0.3 is 0 Å². The fourth-order valence-corrected chi connectivity index (χ4v) is 4.65. The average molecular weight is 438 g/mol. The Morgan fingerprint density at radius 1 is 1.06 bits per heavy atom. The second kappa shape index (κ2) is 8.66. The maximum absolute atomic E-state index is 13.4. The number of carbonyl (C=O) groups is 1. The molecule has 5 rings (SSSR count). The van der Waals surface area contributed by atoms with Crippen LogP contribution in [0.2, 0.25) is 0 Å². The van der Waals surface area contributed by atoms with Gasteiger partial charge in [-0.05, 0) is 48.2 Å². The van der Waals surface area contributed by atoms with E-state index in [9.17, 15) is 4.79 Å². The molecular formula is C26H19N3O2S. The van der Waals surface area contributed by atoms with E-state index in [-0.39, 0.29) is 5.91 Å². The SMILES string of the molecule is C#CCn1cc(/C=C2\SC(=Nc3ccccc3)N(Cc3ccco3)C2=O)c2ccccc21. The summed E-state index contributed by atoms with van der Waals surface area (Å²) in [5.41, 5.74) is 2.78. The first-order valence-electron chi connectivity index (χ1n) is 10.1. The molecule has 0 radical (unpaired) electrons. The topological polar surface area (TPSA) is 50.7 Å². The number of nitrogens with zero attached hydrogens (tertiary/aromatic N) is 3. The van der Waals surface area contributed by atoms with Crippen LogP contribution < -0.4 is 0 Å². The van der Waals surface area contributed by atoms with Crippen molar-refractivity contribution in [2.75, 3.05) is 0 Å². The summed E-state index contributed by atoms with van der Waals surface area (Å²) >= 11 is 1.37. The Morgan fingerprint density at radius 3 is 2.66 bits per heavy atom. The van der Waals surface area contributed by atoms with Crippen LogP contribution in [0.3, 0.4) is 0 Å². The number of furan rings is 1. The summed E-state index contributed by atoms with van der Waals surface area (Å²) in [7, 11) is 0. The van der Waals surface area contributed by atoms with Gasteiger partial charge in [0.1, 0.15) is 5.76 Å². The molecule has 4 aromatic rings. The van der Waals surface area contributed by atoms with Gasteiger partial charge < -0.3 is 8.98 Å². The van der Waals surface area contributed by atoms with E-state index in [1.54, 1.807) is 11.2 Å². The smallest absolute Gasteiger partial charge is 0.267 e. The fourth-order valence-electron chi connectivity index (χ4n) is 3.66. The quantitative estimate of drug-likeness (QED) is 0.298. The highest BCUT2D eigenvalue weighted by atomic mass is 32.2. The molecular weight excluding hydrogens is 418 g/mol. The van der Waals surface area contributed by atoms with Crippen molar-refractivity contribution in [3.8, 4) is 12.3 Å². The Kier molecular flexibility index (Phi) is 5.40. The number of rotatable bonds is 5. The molecule has 2 aromatic heterocycles. The molecule has 32 heavy (non-hydrogen) atoms. The number of thioether (sulfide) groups is 1. The lowest BCUT2D eigenvalue weighted by Crippen LogP contribution is -2.28. The number of aliphatic imine (C=N–C) groups is 1. The van der Waals surface area contributed by atoms with Gasteiger partial charge in [-0.1, -0.05) is 42.3 Å². The number of amides is 1. The van der Waals surface area contributed by atoms with Crippen LogP contribution in [-0.2, 0) is 17.9 Å². The largest absolute Gasteiger partial charge is 0.467 e. The summed E-state index contributed by atoms with van der Waals surface area (Å²) in [4.78, 5) is 20.4. The van der Waals surface area contributed by atoms with E-state index in [2.05, 4.69) is 5.92 Å². The molecule has 0 unspecified atom stereocenters. The number of aromatic nitrogens is 1. The van der Waals surface area contributed by atoms with Crippen molar-refractivity contribution in [2.45, 2.75) is 13.1 Å². The maximum Gasteiger partial charge on any atom is 0.267 e. The fraction of sp³-hybridized carbons (Fsp3) is 0.0769. The van der Waals surface area contributed by atoms with Crippen LogP contribution >= 0.6 is 11.8 Å². The van der Waals surface area contributed by atoms with E-state index in [1.165, 1.54) is 11.8 Å². The second-order valence-corrected chi connectivity index (χ2v) is 8.25. The number of hydrogen-bond donors (Lipinski definition) is 0. The van der Waals surface area contributed by atoms with Gasteiger partial charge in [0.05, 0.1) is 29.9 Å². The Hall–Kier alpha value is -3.95. The Balaban J connectivity index is 1.56. The van der Waals surface area contributed by atoms with Gasteiger partial charge in [-0.25, -0.2) is 4.99 Å². The molecule has 6 heteroatoms. The minimum atomic E-state index is -0.102. The van der Waals surface area contributed by atoms with Crippen molar-refractivity contribution in [3.63, 3.8) is 0 Å². The summed E-state index contributed by atoms with van der Waals surface area (Å²) in [6, 6.07) is 21.3. The highest BCUT2D eigenvalue weighted by molar-refractivity contribution is 8.18. The molecule has 0 bridgehead atoms. The van der Waals surface area contributed by atoms with Crippen LogP contribution in [0.15, 0.2) is 93.5 Å². The zero-order valence-electron chi connectivity index (χ0n) is 17.1. The molecule has 1 amide bonds. The third-order valence-electron chi connectivity index (χ3n) is 5.13. The number of carbonyl (C=O) groups excluding carboxylic acids is 1. The lowest BCUT2D eigenvalue weighted by atomic mass is 10.1. The standard InChI is InChI=1S/C26H19N3O2S/c1-2-14-28-17-19(22-12-6-7-13-23(22)28)16-24-25(30)29(18-21-11-8-15-31-21)26(32-24)27-20-9-4-3-5-10-20/h1,3-13,15-17H,14,18H2/b24-16-,27-26?. The van der Waals surface area contributed by atoms with E-state index in [1.807, 2.05) is 83.6 Å². The van der Waals surface area contributed by atoms with Crippen LogP contribution in [0, 0.1) is 12.3 Å². The predicted octanol–water partition coefficient (Wildman–Crippen LogP) is 5.67. The number of amidine groups is 1. The zero-order valence-corrected chi connectivity index (χ0v) is 18.0. The first-order chi connectivity index (χ1) is 15.7. The average Bonchev–Trinajstić information content (AvgIpc) is 3.52. The number of para-hydroxylation sites is 2. The van der Waals surface area contributed by atoms with Crippen molar-refractivity contribution < 1.29 is 9.21 Å². The summed E-state index contributed by atoms with van der Waals surface area (Å²) < 4.78 is 7.50. The number of hydrogen-bond acceptors (Lipinski definition) is 4. The monoisotopic (exact) mass is 437 g/mol. The normalized spacial score (nSPS) is 16.3. The summed E-state index contributed by atoms with van der Waals surface area (Å²) in [6.45, 7) is 0.788. The van der Waals surface area contributed by atoms with Crippen molar-refractivity contribution in [3.05, 3.63) is 95.4 Å². The predicted molar refractivity (Wildman–Crippen MR) is 129 cm³/mol. The number of fused-ring (bicyclic) bond motifs is 1. The van der Waals surface area contributed by atoms with Gasteiger partial charge in [-0.3, -0.25) is 9.69 Å². The minimum absolute atomic E-state index is 0.102. The van der Waals surface area contributed by atoms with Crippen molar-refractivity contribution in [2.24, 2.45) is 4.99 Å². The summed E-state index contributed by atoms with van der Waals surface area (Å²) in [5, 5.41) is 1.67. The van der Waals surface area contributed by atoms with Crippen molar-refractivity contribution in [1.82, 2.24) is 9.47 Å². The van der Waals surface area contributed by atoms with Gasteiger partial charge in [-0.2, -0.15) is 0 Å². The van der Waals surface area contributed by atoms with Gasteiger partial charge in [0.15, 0.2) is 5.17 Å². The first-order valence-corrected chi connectivity index (χ1v) is 10.9. The maximum atomic E-state index is 13.4. The van der Waals surface area contributed by atoms with E-state index >= 15 is 0 Å². The van der Waals surface area contributed by atoms with E-state index < -0.39 is 0 Å². The minimum Gasteiger partial charge on any atom is -0.467 e. The van der Waals surface area contributed by atoms with Gasteiger partial charge in [0.25, 0.3) is 5.91 Å². The highest BCUT2D eigenvalue weighted by Gasteiger charge is 2.34. The number of terminal acetylenes is 1. The molecule has 0 aliphatic carbocycles. The molecule has 2 aromatic carbocycles. The lowest BCUT2D eigenvalue weighted by Gasteiger charge is -2.13. The van der Waals surface area contributed by atoms with Gasteiger partial charge in [0.2, 0.25) is 0 Å². The number of benzene rings is 2. The molecule has 1 saturated heterocycles. The van der Waals surface area contributed by atoms with E-state index in [0.717, 1.165) is 22.2 Å². The second-order valence-electron chi connectivity index (χ2n) is 7.24. The third-order valence-corrected chi connectivity index (χ3v) is 6.14. The van der Waals surface area contributed by atoms with Gasteiger partial charge in [-0.15, -0.1) is 6.42 Å². The Bertz CT molecular complexity index is 1380. The van der Waals surface area contributed by atoms with Crippen LogP contribution in [0.4, 0.5) is 5.69 Å². The van der Waals surface area contributed by atoms with Crippen molar-refractivity contribution >= 4 is 45.5 Å². The zero-order chi connectivity index (χ0) is 21.9. The molecule has 3 heterocycles. The van der Waals surface area contributed by atoms with Crippen LogP contribution in [0.5, 0.6) is 0 Å². The van der Waals surface area contributed by atoms with E-state index in [4.69, 9.17) is 15.8 Å². The van der Waals surface area contributed by atoms with Gasteiger partial charge in [0, 0.05) is 22.7 Å². The molecule has 1 fully saturated rings. The highest BCUT2D eigenvalue weighted by Crippen LogP contribution is 2.36. The van der Waals surface area contributed by atoms with Crippen molar-refractivity contribution in [1.29, 1.82) is 0 Å². The van der Waals surface area contributed by atoms with E-state index in [0.29, 0.717) is 28.9 Å². The Morgan fingerprint density at radius 2 is 1.88 bits per heavy atom. The summed E-state index contributed by atoms with van der Waals surface area (Å²) in [5.74, 6) is 3.29. The summed E-state index contributed by atoms with van der Waals surface area (Å²) in [6.07, 6.45) is 11.1. The Labute approximate surface area is 190 Å². The molecule has 156 valence electrons. The lowest BCUT2D eigenvalue weighted by molar-refractivity contribution is -0.122. The molecule has 0 spiro atoms. The molecule has 1 aliphatic heterocycles. The van der Waals surface area contributed by atoms with Crippen LogP contribution in [0.1, 0.15) is 11.3 Å². The third kappa shape index (κ3) is 3.86. The molecule has 1 aliphatic rings.